The first kappa shape index (κ1) is 20.2. The lowest BCUT2D eigenvalue weighted by molar-refractivity contribution is -0.137. The molecule has 0 fully saturated rings. The van der Waals surface area contributed by atoms with Gasteiger partial charge in [-0.2, -0.15) is 0 Å². The maximum atomic E-state index is 14.6. The number of aromatic nitrogens is 1. The number of ether oxygens (including phenoxy) is 1. The van der Waals surface area contributed by atoms with Gasteiger partial charge in [0.1, 0.15) is 17.3 Å². The van der Waals surface area contributed by atoms with Crippen LogP contribution in [0.15, 0.2) is 41.5 Å². The molecular weight excluding hydrogens is 377 g/mol. The Labute approximate surface area is 167 Å². The summed E-state index contributed by atoms with van der Waals surface area (Å²) in [5, 5.41) is 2.68. The lowest BCUT2D eigenvalue weighted by atomic mass is 9.78. The van der Waals surface area contributed by atoms with E-state index >= 15 is 0 Å². The Morgan fingerprint density at radius 2 is 2.03 bits per heavy atom. The highest BCUT2D eigenvalue weighted by molar-refractivity contribution is 6.03. The standard InChI is InChI=1S/C20H22FN5O3/c1-20(2)16(25-19(22)26(3)18(20)28)13-9-11(5-7-14(13)21)24-17(27)15-8-6-12(29-4)10-23-15/h5-10,16H,1-4H3,(H2,22,25)(H,24,27). The smallest absolute Gasteiger partial charge is 0.274 e. The van der Waals surface area contributed by atoms with E-state index in [0.717, 1.165) is 0 Å². The number of benzene rings is 1. The van der Waals surface area contributed by atoms with Crippen LogP contribution >= 0.6 is 0 Å². The quantitative estimate of drug-likeness (QED) is 0.820. The van der Waals surface area contributed by atoms with Crippen LogP contribution in [0.25, 0.3) is 0 Å². The summed E-state index contributed by atoms with van der Waals surface area (Å²) >= 11 is 0. The van der Waals surface area contributed by atoms with Gasteiger partial charge < -0.3 is 15.8 Å². The van der Waals surface area contributed by atoms with Gasteiger partial charge >= 0.3 is 0 Å². The topological polar surface area (TPSA) is 110 Å². The minimum Gasteiger partial charge on any atom is -0.495 e. The average Bonchev–Trinajstić information content (AvgIpc) is 2.71. The number of halogens is 1. The van der Waals surface area contributed by atoms with Crippen molar-refractivity contribution in [3.63, 3.8) is 0 Å². The van der Waals surface area contributed by atoms with Crippen LogP contribution in [0, 0.1) is 11.2 Å². The molecule has 1 unspecified atom stereocenters. The highest BCUT2D eigenvalue weighted by Gasteiger charge is 2.45. The van der Waals surface area contributed by atoms with E-state index < -0.39 is 23.2 Å². The lowest BCUT2D eigenvalue weighted by Gasteiger charge is -2.38. The fourth-order valence-electron chi connectivity index (χ4n) is 3.15. The first-order valence-corrected chi connectivity index (χ1v) is 8.87. The molecule has 0 aliphatic carbocycles. The molecule has 2 amide bonds. The molecule has 9 heteroatoms. The van der Waals surface area contributed by atoms with E-state index in [1.165, 1.54) is 49.5 Å². The van der Waals surface area contributed by atoms with E-state index in [4.69, 9.17) is 10.5 Å². The third-order valence-electron chi connectivity index (χ3n) is 4.90. The number of guanidine groups is 1. The minimum atomic E-state index is -1.02. The largest absolute Gasteiger partial charge is 0.495 e. The number of carbonyl (C=O) groups is 2. The molecule has 1 aromatic carbocycles. The van der Waals surface area contributed by atoms with E-state index in [1.54, 1.807) is 19.9 Å². The van der Waals surface area contributed by atoms with Crippen molar-refractivity contribution in [3.8, 4) is 5.75 Å². The number of rotatable bonds is 4. The third kappa shape index (κ3) is 3.75. The summed E-state index contributed by atoms with van der Waals surface area (Å²) in [5.41, 5.74) is 5.50. The van der Waals surface area contributed by atoms with Gasteiger partial charge in [-0.05, 0) is 44.2 Å². The molecular formula is C20H22FN5O3. The Morgan fingerprint density at radius 1 is 1.31 bits per heavy atom. The minimum absolute atomic E-state index is 0.00981. The van der Waals surface area contributed by atoms with E-state index in [0.29, 0.717) is 11.4 Å². The van der Waals surface area contributed by atoms with Crippen LogP contribution < -0.4 is 15.8 Å². The number of anilines is 1. The van der Waals surface area contributed by atoms with Crippen LogP contribution in [0.2, 0.25) is 0 Å². The van der Waals surface area contributed by atoms with Crippen molar-refractivity contribution in [3.05, 3.63) is 53.6 Å². The predicted molar refractivity (Wildman–Crippen MR) is 106 cm³/mol. The van der Waals surface area contributed by atoms with Crippen molar-refractivity contribution < 1.29 is 18.7 Å². The summed E-state index contributed by atoms with van der Waals surface area (Å²) in [6, 6.07) is 6.40. The Kier molecular flexibility index (Phi) is 5.23. The van der Waals surface area contributed by atoms with Gasteiger partial charge in [0.15, 0.2) is 5.96 Å². The van der Waals surface area contributed by atoms with E-state index in [9.17, 15) is 14.0 Å². The maximum Gasteiger partial charge on any atom is 0.274 e. The highest BCUT2D eigenvalue weighted by Crippen LogP contribution is 2.42. The number of aliphatic imine (C=N–C) groups is 1. The molecule has 0 saturated carbocycles. The molecule has 1 aromatic heterocycles. The van der Waals surface area contributed by atoms with Crippen LogP contribution in [-0.4, -0.2) is 41.8 Å². The number of pyridine rings is 1. The van der Waals surface area contributed by atoms with Crippen LogP contribution in [0.3, 0.4) is 0 Å². The molecule has 152 valence electrons. The first-order chi connectivity index (χ1) is 13.6. The van der Waals surface area contributed by atoms with Crippen LogP contribution in [0.4, 0.5) is 10.1 Å². The number of nitrogens with one attached hydrogen (secondary N) is 1. The van der Waals surface area contributed by atoms with Gasteiger partial charge in [0.25, 0.3) is 5.91 Å². The SMILES string of the molecule is COc1ccc(C(=O)Nc2ccc(F)c(C3N=C(N)N(C)C(=O)C3(C)C)c2)nc1. The van der Waals surface area contributed by atoms with E-state index in [2.05, 4.69) is 15.3 Å². The second-order valence-corrected chi connectivity index (χ2v) is 7.25. The van der Waals surface area contributed by atoms with Crippen molar-refractivity contribution in [1.82, 2.24) is 9.88 Å². The molecule has 0 bridgehead atoms. The molecule has 0 spiro atoms. The number of hydrogen-bond donors (Lipinski definition) is 2. The summed E-state index contributed by atoms with van der Waals surface area (Å²) in [5.74, 6) is -0.749. The Balaban J connectivity index is 1.92. The summed E-state index contributed by atoms with van der Waals surface area (Å²) < 4.78 is 19.6. The molecule has 3 N–H and O–H groups in total. The predicted octanol–water partition coefficient (Wildman–Crippen LogP) is 2.34. The molecule has 3 rings (SSSR count). The van der Waals surface area contributed by atoms with E-state index in [-0.39, 0.29) is 23.1 Å². The number of carbonyl (C=O) groups excluding carboxylic acids is 2. The van der Waals surface area contributed by atoms with E-state index in [1.807, 2.05) is 0 Å². The van der Waals surface area contributed by atoms with Gasteiger partial charge in [-0.3, -0.25) is 14.5 Å². The second kappa shape index (κ2) is 7.50. The fraction of sp³-hybridized carbons (Fsp3) is 0.300. The summed E-state index contributed by atoms with van der Waals surface area (Å²) in [4.78, 5) is 34.6. The number of amides is 2. The van der Waals surface area contributed by atoms with Crippen LogP contribution in [0.1, 0.15) is 35.9 Å². The van der Waals surface area contributed by atoms with Gasteiger partial charge in [0.2, 0.25) is 5.91 Å². The third-order valence-corrected chi connectivity index (χ3v) is 4.90. The molecule has 1 atom stereocenters. The van der Waals surface area contributed by atoms with Gasteiger partial charge in [-0.1, -0.05) is 0 Å². The summed E-state index contributed by atoms with van der Waals surface area (Å²) in [6.07, 6.45) is 1.43. The number of nitrogens with two attached hydrogens (primary N) is 1. The maximum absolute atomic E-state index is 14.6. The second-order valence-electron chi connectivity index (χ2n) is 7.25. The molecule has 1 aliphatic rings. The molecule has 1 aliphatic heterocycles. The van der Waals surface area contributed by atoms with Gasteiger partial charge in [0, 0.05) is 18.3 Å². The summed E-state index contributed by atoms with van der Waals surface area (Å²) in [6.45, 7) is 3.36. The van der Waals surface area contributed by atoms with Crippen molar-refractivity contribution in [1.29, 1.82) is 0 Å². The zero-order valence-corrected chi connectivity index (χ0v) is 16.6. The zero-order chi connectivity index (χ0) is 21.3. The van der Waals surface area contributed by atoms with Gasteiger partial charge in [-0.15, -0.1) is 0 Å². The Hall–Kier alpha value is -3.49. The molecule has 2 aromatic rings. The average molecular weight is 399 g/mol. The first-order valence-electron chi connectivity index (χ1n) is 8.87. The van der Waals surface area contributed by atoms with Crippen molar-refractivity contribution >= 4 is 23.5 Å². The Bertz CT molecular complexity index is 988. The molecule has 29 heavy (non-hydrogen) atoms. The van der Waals surface area contributed by atoms with Crippen molar-refractivity contribution in [2.75, 3.05) is 19.5 Å². The number of methoxy groups -OCH3 is 1. The molecule has 0 radical (unpaired) electrons. The fourth-order valence-corrected chi connectivity index (χ4v) is 3.15. The molecule has 0 saturated heterocycles. The highest BCUT2D eigenvalue weighted by atomic mass is 19.1. The van der Waals surface area contributed by atoms with Crippen LogP contribution in [0.5, 0.6) is 5.75 Å². The normalized spacial score (nSPS) is 18.2. The lowest BCUT2D eigenvalue weighted by Crippen LogP contribution is -2.51. The number of hydrogen-bond acceptors (Lipinski definition) is 6. The van der Waals surface area contributed by atoms with Crippen LogP contribution in [-0.2, 0) is 4.79 Å². The Morgan fingerprint density at radius 3 is 2.66 bits per heavy atom. The van der Waals surface area contributed by atoms with Gasteiger partial charge in [0.05, 0.1) is 24.8 Å². The molecule has 8 nitrogen and oxygen atoms in total. The van der Waals surface area contributed by atoms with Crippen molar-refractivity contribution in [2.24, 2.45) is 16.1 Å². The van der Waals surface area contributed by atoms with Gasteiger partial charge in [-0.25, -0.2) is 14.4 Å². The summed E-state index contributed by atoms with van der Waals surface area (Å²) in [7, 11) is 3.02. The zero-order valence-electron chi connectivity index (χ0n) is 16.6. The monoisotopic (exact) mass is 399 g/mol. The van der Waals surface area contributed by atoms with Crippen molar-refractivity contribution in [2.45, 2.75) is 19.9 Å². The number of nitrogens with zero attached hydrogens (tertiary/aromatic N) is 3. The molecule has 2 heterocycles.